The van der Waals surface area contributed by atoms with Crippen molar-refractivity contribution in [2.75, 3.05) is 11.6 Å². The minimum absolute atomic E-state index is 0.336. The molecule has 1 saturated heterocycles. The summed E-state index contributed by atoms with van der Waals surface area (Å²) < 4.78 is 0.944. The first-order valence-corrected chi connectivity index (χ1v) is 7.62. The van der Waals surface area contributed by atoms with Crippen LogP contribution in [-0.2, 0) is 11.3 Å². The Labute approximate surface area is 123 Å². The molecule has 1 unspecified atom stereocenters. The molecule has 2 N–H and O–H groups in total. The molecule has 7 heteroatoms. The molecule has 5 nitrogen and oxygen atoms in total. The Morgan fingerprint density at radius 2 is 2.32 bits per heavy atom. The summed E-state index contributed by atoms with van der Waals surface area (Å²) in [7, 11) is 0. The van der Waals surface area contributed by atoms with Crippen LogP contribution >= 0.6 is 27.7 Å². The number of carbonyl (C=O) groups is 2. The van der Waals surface area contributed by atoms with Gasteiger partial charge in [-0.05, 0) is 17.7 Å². The van der Waals surface area contributed by atoms with E-state index in [9.17, 15) is 9.59 Å². The lowest BCUT2D eigenvalue weighted by Gasteiger charge is -2.20. The van der Waals surface area contributed by atoms with Crippen LogP contribution < -0.4 is 5.32 Å². The van der Waals surface area contributed by atoms with Gasteiger partial charge < -0.3 is 15.3 Å². The number of benzene rings is 1. The first-order chi connectivity index (χ1) is 9.08. The largest absolute Gasteiger partial charge is 0.480 e. The van der Waals surface area contributed by atoms with Gasteiger partial charge in [-0.3, -0.25) is 0 Å². The molecular formula is C12H13BrN2O3S. The van der Waals surface area contributed by atoms with Gasteiger partial charge in [0.15, 0.2) is 0 Å². The van der Waals surface area contributed by atoms with Crippen LogP contribution in [0, 0.1) is 0 Å². The zero-order valence-electron chi connectivity index (χ0n) is 10.0. The summed E-state index contributed by atoms with van der Waals surface area (Å²) in [5, 5.41) is 11.8. The lowest BCUT2D eigenvalue weighted by atomic mass is 10.2. The van der Waals surface area contributed by atoms with Crippen LogP contribution in [0.25, 0.3) is 0 Å². The first kappa shape index (κ1) is 14.2. The average molecular weight is 345 g/mol. The number of halogens is 1. The normalized spacial score (nSPS) is 18.4. The van der Waals surface area contributed by atoms with Gasteiger partial charge in [-0.1, -0.05) is 28.1 Å². The predicted molar refractivity (Wildman–Crippen MR) is 77.0 cm³/mol. The number of carboxylic acids is 1. The van der Waals surface area contributed by atoms with Gasteiger partial charge in [0, 0.05) is 16.8 Å². The molecule has 1 heterocycles. The number of rotatable bonds is 3. The molecule has 0 bridgehead atoms. The third-order valence-corrected chi connectivity index (χ3v) is 4.27. The Morgan fingerprint density at radius 1 is 1.53 bits per heavy atom. The van der Waals surface area contributed by atoms with E-state index in [1.807, 2.05) is 24.3 Å². The Balaban J connectivity index is 1.92. The molecule has 102 valence electrons. The van der Waals surface area contributed by atoms with Crippen LogP contribution in [0.2, 0.25) is 0 Å². The van der Waals surface area contributed by atoms with Crippen LogP contribution in [0.4, 0.5) is 4.79 Å². The van der Waals surface area contributed by atoms with Crippen molar-refractivity contribution in [3.63, 3.8) is 0 Å². The molecule has 2 rings (SSSR count). The molecule has 1 aliphatic rings. The van der Waals surface area contributed by atoms with E-state index >= 15 is 0 Å². The summed E-state index contributed by atoms with van der Waals surface area (Å²) in [5.74, 6) is -0.0939. The van der Waals surface area contributed by atoms with E-state index < -0.39 is 12.0 Å². The second-order valence-corrected chi connectivity index (χ2v) is 6.03. The number of carbonyl (C=O) groups excluding carboxylic acids is 1. The van der Waals surface area contributed by atoms with Gasteiger partial charge in [-0.25, -0.2) is 9.59 Å². The Hall–Kier alpha value is -1.21. The molecule has 1 aliphatic heterocycles. The Bertz CT molecular complexity index is 498. The SMILES string of the molecule is O=C(O)C1CSCN1C(=O)NCc1cccc(Br)c1. The van der Waals surface area contributed by atoms with Crippen LogP contribution in [0.5, 0.6) is 0 Å². The number of nitrogens with one attached hydrogen (secondary N) is 1. The Kier molecular flexibility index (Phi) is 4.71. The highest BCUT2D eigenvalue weighted by Crippen LogP contribution is 2.21. The van der Waals surface area contributed by atoms with Crippen molar-refractivity contribution in [2.45, 2.75) is 12.6 Å². The molecule has 1 aromatic carbocycles. The van der Waals surface area contributed by atoms with E-state index in [-0.39, 0.29) is 6.03 Å². The van der Waals surface area contributed by atoms with Crippen molar-refractivity contribution in [1.82, 2.24) is 10.2 Å². The quantitative estimate of drug-likeness (QED) is 0.881. The van der Waals surface area contributed by atoms with Crippen molar-refractivity contribution >= 4 is 39.7 Å². The number of thioether (sulfide) groups is 1. The lowest BCUT2D eigenvalue weighted by molar-refractivity contribution is -0.140. The van der Waals surface area contributed by atoms with Crippen molar-refractivity contribution in [3.8, 4) is 0 Å². The number of amides is 2. The molecule has 0 aromatic heterocycles. The molecule has 2 amide bonds. The predicted octanol–water partition coefficient (Wildman–Crippen LogP) is 2.12. The third-order valence-electron chi connectivity index (χ3n) is 2.76. The van der Waals surface area contributed by atoms with Gasteiger partial charge in [-0.2, -0.15) is 0 Å². The molecule has 1 fully saturated rings. The second kappa shape index (κ2) is 6.29. The molecule has 0 saturated carbocycles. The van der Waals surface area contributed by atoms with Crippen LogP contribution in [-0.4, -0.2) is 39.7 Å². The smallest absolute Gasteiger partial charge is 0.327 e. The van der Waals surface area contributed by atoms with E-state index in [1.165, 1.54) is 16.7 Å². The van der Waals surface area contributed by atoms with Crippen molar-refractivity contribution < 1.29 is 14.7 Å². The van der Waals surface area contributed by atoms with Crippen molar-refractivity contribution in [3.05, 3.63) is 34.3 Å². The van der Waals surface area contributed by atoms with Crippen LogP contribution in [0.1, 0.15) is 5.56 Å². The fourth-order valence-electron chi connectivity index (χ4n) is 1.77. The zero-order valence-corrected chi connectivity index (χ0v) is 12.4. The van der Waals surface area contributed by atoms with Gasteiger partial charge in [0.2, 0.25) is 0 Å². The summed E-state index contributed by atoms with van der Waals surface area (Å²) >= 11 is 4.81. The maximum absolute atomic E-state index is 11.9. The maximum atomic E-state index is 11.9. The summed E-state index contributed by atoms with van der Waals surface area (Å²) in [5.41, 5.74) is 0.960. The zero-order chi connectivity index (χ0) is 13.8. The minimum atomic E-state index is -0.956. The molecular weight excluding hydrogens is 332 g/mol. The highest BCUT2D eigenvalue weighted by molar-refractivity contribution is 9.10. The highest BCUT2D eigenvalue weighted by Gasteiger charge is 2.34. The molecule has 0 aliphatic carbocycles. The van der Waals surface area contributed by atoms with Crippen molar-refractivity contribution in [1.29, 1.82) is 0 Å². The van der Waals surface area contributed by atoms with Gasteiger partial charge in [0.05, 0.1) is 5.88 Å². The lowest BCUT2D eigenvalue weighted by Crippen LogP contribution is -2.46. The number of urea groups is 1. The van der Waals surface area contributed by atoms with E-state index in [2.05, 4.69) is 21.2 Å². The molecule has 0 radical (unpaired) electrons. The van der Waals surface area contributed by atoms with E-state index in [1.54, 1.807) is 0 Å². The monoisotopic (exact) mass is 344 g/mol. The summed E-state index contributed by atoms with van der Waals surface area (Å²) in [4.78, 5) is 24.3. The standard InChI is InChI=1S/C12H13BrN2O3S/c13-9-3-1-2-8(4-9)5-14-12(18)15-7-19-6-10(15)11(16)17/h1-4,10H,5-7H2,(H,14,18)(H,16,17). The van der Waals surface area contributed by atoms with Crippen LogP contribution in [0.15, 0.2) is 28.7 Å². The van der Waals surface area contributed by atoms with Gasteiger partial charge in [0.1, 0.15) is 6.04 Å². The van der Waals surface area contributed by atoms with Gasteiger partial charge in [0.25, 0.3) is 0 Å². The summed E-state index contributed by atoms with van der Waals surface area (Å²) in [6.45, 7) is 0.381. The van der Waals surface area contributed by atoms with Gasteiger partial charge in [-0.15, -0.1) is 11.8 Å². The van der Waals surface area contributed by atoms with E-state index in [0.717, 1.165) is 10.0 Å². The van der Waals surface area contributed by atoms with E-state index in [4.69, 9.17) is 5.11 Å². The summed E-state index contributed by atoms with van der Waals surface area (Å²) in [6.07, 6.45) is 0. The number of hydrogen-bond donors (Lipinski definition) is 2. The number of carboxylic acid groups (broad SMARTS) is 1. The number of nitrogens with zero attached hydrogens (tertiary/aromatic N) is 1. The van der Waals surface area contributed by atoms with Gasteiger partial charge >= 0.3 is 12.0 Å². The van der Waals surface area contributed by atoms with Crippen molar-refractivity contribution in [2.24, 2.45) is 0 Å². The van der Waals surface area contributed by atoms with E-state index in [0.29, 0.717) is 18.2 Å². The fraction of sp³-hybridized carbons (Fsp3) is 0.333. The maximum Gasteiger partial charge on any atom is 0.327 e. The molecule has 19 heavy (non-hydrogen) atoms. The average Bonchev–Trinajstić information content (AvgIpc) is 2.85. The fourth-order valence-corrected chi connectivity index (χ4v) is 3.37. The minimum Gasteiger partial charge on any atom is -0.480 e. The summed E-state index contributed by atoms with van der Waals surface area (Å²) in [6, 6.07) is 6.54. The molecule has 1 aromatic rings. The highest BCUT2D eigenvalue weighted by atomic mass is 79.9. The number of hydrogen-bond acceptors (Lipinski definition) is 3. The number of aliphatic carboxylic acids is 1. The third kappa shape index (κ3) is 3.63. The second-order valence-electron chi connectivity index (χ2n) is 4.11. The topological polar surface area (TPSA) is 69.6 Å². The Morgan fingerprint density at radius 3 is 3.00 bits per heavy atom. The molecule has 0 spiro atoms. The van der Waals surface area contributed by atoms with Crippen LogP contribution in [0.3, 0.4) is 0 Å². The first-order valence-electron chi connectivity index (χ1n) is 5.67. The molecule has 1 atom stereocenters.